The summed E-state index contributed by atoms with van der Waals surface area (Å²) in [6, 6.07) is 13.5. The van der Waals surface area contributed by atoms with E-state index in [1.807, 2.05) is 24.3 Å². The normalized spacial score (nSPS) is 9.28. The molecule has 0 unspecified atom stereocenters. The second-order valence-electron chi connectivity index (χ2n) is 3.49. The predicted octanol–water partition coefficient (Wildman–Crippen LogP) is 3.98. The molecule has 2 nitrogen and oxygen atoms in total. The van der Waals surface area contributed by atoms with Gasteiger partial charge in [-0.1, -0.05) is 12.1 Å². The van der Waals surface area contributed by atoms with Crippen LogP contribution < -0.4 is 0 Å². The quantitative estimate of drug-likeness (QED) is 0.761. The monoisotopic (exact) mass is 254 g/mol. The van der Waals surface area contributed by atoms with Crippen LogP contribution in [0.15, 0.2) is 42.0 Å². The molecule has 1 aromatic heterocycles. The van der Waals surface area contributed by atoms with Crippen LogP contribution >= 0.6 is 11.3 Å². The summed E-state index contributed by atoms with van der Waals surface area (Å²) in [5, 5.41) is 17.3. The lowest BCUT2D eigenvalue weighted by Gasteiger charge is -1.95. The van der Waals surface area contributed by atoms with Crippen LogP contribution in [-0.2, 0) is 0 Å². The molecule has 2 rings (SSSR count). The molecule has 0 radical (unpaired) electrons. The van der Waals surface area contributed by atoms with Gasteiger partial charge in [-0.3, -0.25) is 0 Å². The number of thiophene rings is 1. The van der Waals surface area contributed by atoms with E-state index < -0.39 is 0 Å². The zero-order chi connectivity index (χ0) is 13.0. The summed E-state index contributed by atoms with van der Waals surface area (Å²) in [5.41, 5.74) is 0.985. The van der Waals surface area contributed by atoms with Gasteiger partial charge in [-0.05, 0) is 35.9 Å². The third-order valence-corrected chi connectivity index (χ3v) is 3.36. The summed E-state index contributed by atoms with van der Waals surface area (Å²) in [6.45, 7) is 0. The molecule has 0 aliphatic rings. The molecule has 0 aliphatic carbocycles. The Balaban J connectivity index is 2.32. The van der Waals surface area contributed by atoms with Crippen LogP contribution in [0.4, 0.5) is 4.39 Å². The van der Waals surface area contributed by atoms with Gasteiger partial charge >= 0.3 is 0 Å². The van der Waals surface area contributed by atoms with Gasteiger partial charge in [0, 0.05) is 9.75 Å². The summed E-state index contributed by atoms with van der Waals surface area (Å²) >= 11 is 1.45. The van der Waals surface area contributed by atoms with E-state index in [-0.39, 0.29) is 11.4 Å². The SMILES string of the molecule is N#CC(C#N)=Cc1ccc(-c2ccc(F)cc2)s1. The van der Waals surface area contributed by atoms with Crippen LogP contribution in [0, 0.1) is 28.5 Å². The van der Waals surface area contributed by atoms with Crippen molar-refractivity contribution in [2.24, 2.45) is 0 Å². The molecule has 0 spiro atoms. The molecule has 86 valence electrons. The van der Waals surface area contributed by atoms with Crippen molar-refractivity contribution in [1.29, 1.82) is 10.5 Å². The average molecular weight is 254 g/mol. The van der Waals surface area contributed by atoms with E-state index in [1.165, 1.54) is 29.5 Å². The summed E-state index contributed by atoms with van der Waals surface area (Å²) in [4.78, 5) is 1.80. The van der Waals surface area contributed by atoms with E-state index >= 15 is 0 Å². The lowest BCUT2D eigenvalue weighted by molar-refractivity contribution is 0.628. The van der Waals surface area contributed by atoms with E-state index in [2.05, 4.69) is 0 Å². The van der Waals surface area contributed by atoms with Crippen molar-refractivity contribution in [1.82, 2.24) is 0 Å². The molecule has 2 aromatic rings. The van der Waals surface area contributed by atoms with E-state index in [9.17, 15) is 4.39 Å². The van der Waals surface area contributed by atoms with Crippen LogP contribution in [0.2, 0.25) is 0 Å². The van der Waals surface area contributed by atoms with Gasteiger partial charge in [0.05, 0.1) is 0 Å². The highest BCUT2D eigenvalue weighted by Crippen LogP contribution is 2.29. The first-order valence-corrected chi connectivity index (χ1v) is 5.92. The first-order chi connectivity index (χ1) is 8.72. The van der Waals surface area contributed by atoms with Crippen LogP contribution in [0.5, 0.6) is 0 Å². The number of nitrogens with zero attached hydrogens (tertiary/aromatic N) is 2. The van der Waals surface area contributed by atoms with Crippen molar-refractivity contribution in [2.75, 3.05) is 0 Å². The van der Waals surface area contributed by atoms with Gasteiger partial charge in [0.1, 0.15) is 23.5 Å². The molecule has 0 N–H and O–H groups in total. The summed E-state index contributed by atoms with van der Waals surface area (Å²) in [5.74, 6) is -0.272. The maximum absolute atomic E-state index is 12.8. The molecule has 0 saturated heterocycles. The highest BCUT2D eigenvalue weighted by molar-refractivity contribution is 7.16. The summed E-state index contributed by atoms with van der Waals surface area (Å²) in [6.07, 6.45) is 1.54. The Labute approximate surface area is 108 Å². The number of halogens is 1. The molecule has 0 amide bonds. The molecule has 1 aromatic carbocycles. The van der Waals surface area contributed by atoms with E-state index in [1.54, 1.807) is 12.1 Å². The lowest BCUT2D eigenvalue weighted by Crippen LogP contribution is -1.73. The van der Waals surface area contributed by atoms with E-state index in [4.69, 9.17) is 10.5 Å². The fourth-order valence-corrected chi connectivity index (χ4v) is 2.39. The minimum absolute atomic E-state index is 0.0718. The van der Waals surface area contributed by atoms with Crippen molar-refractivity contribution in [2.45, 2.75) is 0 Å². The van der Waals surface area contributed by atoms with E-state index in [0.29, 0.717) is 0 Å². The van der Waals surface area contributed by atoms with Gasteiger partial charge in [-0.2, -0.15) is 10.5 Å². The second kappa shape index (κ2) is 5.27. The van der Waals surface area contributed by atoms with Crippen molar-refractivity contribution in [3.63, 3.8) is 0 Å². The van der Waals surface area contributed by atoms with Crippen molar-refractivity contribution in [3.05, 3.63) is 52.7 Å². The minimum Gasteiger partial charge on any atom is -0.207 e. The third kappa shape index (κ3) is 2.63. The van der Waals surface area contributed by atoms with Crippen LogP contribution in [0.25, 0.3) is 16.5 Å². The Hall–Kier alpha value is -2.43. The van der Waals surface area contributed by atoms with Gasteiger partial charge in [-0.25, -0.2) is 4.39 Å². The van der Waals surface area contributed by atoms with Gasteiger partial charge in [-0.15, -0.1) is 11.3 Å². The van der Waals surface area contributed by atoms with Crippen LogP contribution in [0.1, 0.15) is 4.88 Å². The summed E-state index contributed by atoms with van der Waals surface area (Å²) < 4.78 is 12.8. The number of nitriles is 2. The van der Waals surface area contributed by atoms with Crippen molar-refractivity contribution < 1.29 is 4.39 Å². The fraction of sp³-hybridized carbons (Fsp3) is 0. The molecule has 0 fully saturated rings. The lowest BCUT2D eigenvalue weighted by atomic mass is 10.2. The Bertz CT molecular complexity index is 653. The van der Waals surface area contributed by atoms with Gasteiger partial charge in [0.2, 0.25) is 0 Å². The topological polar surface area (TPSA) is 47.6 Å². The van der Waals surface area contributed by atoms with Gasteiger partial charge in [0.15, 0.2) is 0 Å². The van der Waals surface area contributed by atoms with Crippen molar-refractivity contribution in [3.8, 4) is 22.6 Å². The number of benzene rings is 1. The second-order valence-corrected chi connectivity index (χ2v) is 4.61. The van der Waals surface area contributed by atoms with Crippen LogP contribution in [-0.4, -0.2) is 0 Å². The molecule has 18 heavy (non-hydrogen) atoms. The molecular weight excluding hydrogens is 247 g/mol. The molecule has 4 heteroatoms. The first kappa shape index (κ1) is 12.0. The minimum atomic E-state index is -0.272. The van der Waals surface area contributed by atoms with Crippen LogP contribution in [0.3, 0.4) is 0 Å². The molecule has 0 aliphatic heterocycles. The highest BCUT2D eigenvalue weighted by Gasteiger charge is 2.03. The standard InChI is InChI=1S/C14H7FN2S/c15-12-3-1-11(2-4-12)14-6-5-13(18-14)7-10(8-16)9-17/h1-7H. The first-order valence-electron chi connectivity index (χ1n) is 5.10. The number of hydrogen-bond acceptors (Lipinski definition) is 3. The van der Waals surface area contributed by atoms with Crippen molar-refractivity contribution >= 4 is 17.4 Å². The Morgan fingerprint density at radius 2 is 1.72 bits per heavy atom. The summed E-state index contributed by atoms with van der Waals surface area (Å²) in [7, 11) is 0. The third-order valence-electron chi connectivity index (χ3n) is 2.28. The zero-order valence-electron chi connectivity index (χ0n) is 9.22. The molecule has 0 saturated carbocycles. The Morgan fingerprint density at radius 1 is 1.06 bits per heavy atom. The maximum atomic E-state index is 12.8. The van der Waals surface area contributed by atoms with Gasteiger partial charge < -0.3 is 0 Å². The van der Waals surface area contributed by atoms with Gasteiger partial charge in [0.25, 0.3) is 0 Å². The number of hydrogen-bond donors (Lipinski definition) is 0. The maximum Gasteiger partial charge on any atom is 0.131 e. The number of rotatable bonds is 2. The van der Waals surface area contributed by atoms with E-state index in [0.717, 1.165) is 15.3 Å². The predicted molar refractivity (Wildman–Crippen MR) is 68.9 cm³/mol. The highest BCUT2D eigenvalue weighted by atomic mass is 32.1. The Morgan fingerprint density at radius 3 is 2.33 bits per heavy atom. The zero-order valence-corrected chi connectivity index (χ0v) is 10.0. The average Bonchev–Trinajstić information content (AvgIpc) is 2.85. The molecule has 0 atom stereocenters. The fourth-order valence-electron chi connectivity index (χ4n) is 1.43. The Kier molecular flexibility index (Phi) is 3.52. The molecular formula is C14H7FN2S. The molecule has 0 bridgehead atoms. The number of allylic oxidation sites excluding steroid dienone is 1. The largest absolute Gasteiger partial charge is 0.207 e. The molecule has 1 heterocycles. The smallest absolute Gasteiger partial charge is 0.131 e.